The summed E-state index contributed by atoms with van der Waals surface area (Å²) >= 11 is 0. The van der Waals surface area contributed by atoms with Gasteiger partial charge in [0.25, 0.3) is 0 Å². The highest BCUT2D eigenvalue weighted by molar-refractivity contribution is 5.09. The summed E-state index contributed by atoms with van der Waals surface area (Å²) in [6.07, 6.45) is 5.26. The molecule has 1 aromatic rings. The van der Waals surface area contributed by atoms with E-state index in [2.05, 4.69) is 34.7 Å². The van der Waals surface area contributed by atoms with Crippen LogP contribution in [0.1, 0.15) is 44.0 Å². The molecule has 1 aromatic heterocycles. The van der Waals surface area contributed by atoms with E-state index in [9.17, 15) is 0 Å². The summed E-state index contributed by atoms with van der Waals surface area (Å²) in [4.78, 5) is 4.51. The van der Waals surface area contributed by atoms with Gasteiger partial charge in [-0.2, -0.15) is 0 Å². The van der Waals surface area contributed by atoms with Gasteiger partial charge in [0.05, 0.1) is 5.69 Å². The summed E-state index contributed by atoms with van der Waals surface area (Å²) < 4.78 is 0. The maximum absolute atomic E-state index is 4.51. The Kier molecular flexibility index (Phi) is 5.14. The molecule has 1 aliphatic rings. The Balaban J connectivity index is 1.72. The van der Waals surface area contributed by atoms with Gasteiger partial charge in [0, 0.05) is 24.3 Å². The molecule has 0 amide bonds. The molecule has 0 bridgehead atoms. The van der Waals surface area contributed by atoms with Gasteiger partial charge in [0.15, 0.2) is 0 Å². The van der Waals surface area contributed by atoms with Gasteiger partial charge in [-0.1, -0.05) is 12.5 Å². The summed E-state index contributed by atoms with van der Waals surface area (Å²) in [6, 6.07) is 7.45. The second-order valence-electron chi connectivity index (χ2n) is 5.43. The molecule has 100 valence electrons. The molecule has 2 heterocycles. The number of hydrogen-bond acceptors (Lipinski definition) is 3. The minimum Gasteiger partial charge on any atom is -0.314 e. The first-order valence-corrected chi connectivity index (χ1v) is 7.13. The van der Waals surface area contributed by atoms with Gasteiger partial charge in [-0.3, -0.25) is 4.98 Å². The Morgan fingerprint density at radius 3 is 3.06 bits per heavy atom. The third-order valence-electron chi connectivity index (χ3n) is 3.63. The van der Waals surface area contributed by atoms with E-state index in [1.807, 2.05) is 13.0 Å². The highest BCUT2D eigenvalue weighted by Crippen LogP contribution is 2.12. The molecule has 1 saturated heterocycles. The summed E-state index contributed by atoms with van der Waals surface area (Å²) in [5.74, 6) is 0. The molecular weight excluding hydrogens is 222 g/mol. The van der Waals surface area contributed by atoms with Crippen LogP contribution in [0.2, 0.25) is 0 Å². The first-order chi connectivity index (χ1) is 8.74. The van der Waals surface area contributed by atoms with Crippen LogP contribution in [0.3, 0.4) is 0 Å². The maximum atomic E-state index is 4.51. The van der Waals surface area contributed by atoms with E-state index in [0.717, 1.165) is 17.9 Å². The van der Waals surface area contributed by atoms with E-state index >= 15 is 0 Å². The van der Waals surface area contributed by atoms with Crippen LogP contribution in [0, 0.1) is 6.92 Å². The summed E-state index contributed by atoms with van der Waals surface area (Å²) in [6.45, 7) is 6.37. The fraction of sp³-hybridized carbons (Fsp3) is 0.667. The molecule has 0 saturated carbocycles. The smallest absolute Gasteiger partial charge is 0.0544 e. The lowest BCUT2D eigenvalue weighted by Crippen LogP contribution is -2.39. The van der Waals surface area contributed by atoms with Gasteiger partial charge in [-0.25, -0.2) is 0 Å². The lowest BCUT2D eigenvalue weighted by atomic mass is 9.99. The van der Waals surface area contributed by atoms with Gasteiger partial charge >= 0.3 is 0 Å². The molecule has 3 heteroatoms. The summed E-state index contributed by atoms with van der Waals surface area (Å²) in [5, 5.41) is 7.17. The van der Waals surface area contributed by atoms with Crippen molar-refractivity contribution < 1.29 is 0 Å². The van der Waals surface area contributed by atoms with Crippen LogP contribution in [-0.2, 0) is 6.54 Å². The van der Waals surface area contributed by atoms with Crippen molar-refractivity contribution in [2.45, 2.75) is 58.2 Å². The van der Waals surface area contributed by atoms with Crippen molar-refractivity contribution in [1.29, 1.82) is 0 Å². The zero-order valence-corrected chi connectivity index (χ0v) is 11.6. The summed E-state index contributed by atoms with van der Waals surface area (Å²) in [5.41, 5.74) is 2.23. The molecule has 0 radical (unpaired) electrons. The van der Waals surface area contributed by atoms with Gasteiger partial charge in [-0.05, 0) is 51.8 Å². The molecule has 2 atom stereocenters. The number of nitrogens with one attached hydrogen (secondary N) is 2. The third kappa shape index (κ3) is 4.39. The van der Waals surface area contributed by atoms with Crippen molar-refractivity contribution in [3.8, 4) is 0 Å². The standard InChI is InChI=1S/C15H25N3/c1-12-6-5-8-15(18-12)11-17-13(2)10-14-7-3-4-9-16-14/h5-6,8,13-14,16-17H,3-4,7,9-11H2,1-2H3. The Bertz CT molecular complexity index is 359. The number of aryl methyl sites for hydroxylation is 1. The van der Waals surface area contributed by atoms with Crippen LogP contribution < -0.4 is 10.6 Å². The molecule has 2 rings (SSSR count). The quantitative estimate of drug-likeness (QED) is 0.839. The van der Waals surface area contributed by atoms with Crippen LogP contribution in [0.5, 0.6) is 0 Å². The average molecular weight is 247 g/mol. The predicted molar refractivity (Wildman–Crippen MR) is 75.5 cm³/mol. The van der Waals surface area contributed by atoms with Crippen molar-refractivity contribution >= 4 is 0 Å². The molecule has 3 nitrogen and oxygen atoms in total. The van der Waals surface area contributed by atoms with Crippen LogP contribution in [0.15, 0.2) is 18.2 Å². The topological polar surface area (TPSA) is 37.0 Å². The van der Waals surface area contributed by atoms with Crippen molar-refractivity contribution in [3.63, 3.8) is 0 Å². The minimum atomic E-state index is 0.544. The fourth-order valence-corrected chi connectivity index (χ4v) is 2.61. The highest BCUT2D eigenvalue weighted by atomic mass is 15.0. The monoisotopic (exact) mass is 247 g/mol. The zero-order valence-electron chi connectivity index (χ0n) is 11.6. The Morgan fingerprint density at radius 1 is 1.44 bits per heavy atom. The van der Waals surface area contributed by atoms with E-state index in [4.69, 9.17) is 0 Å². The normalized spacial score (nSPS) is 21.8. The second kappa shape index (κ2) is 6.86. The molecule has 2 N–H and O–H groups in total. The van der Waals surface area contributed by atoms with Gasteiger partial charge < -0.3 is 10.6 Å². The van der Waals surface area contributed by atoms with Crippen LogP contribution >= 0.6 is 0 Å². The number of hydrogen-bond donors (Lipinski definition) is 2. The third-order valence-corrected chi connectivity index (χ3v) is 3.63. The van der Waals surface area contributed by atoms with Crippen molar-refractivity contribution in [2.75, 3.05) is 6.54 Å². The highest BCUT2D eigenvalue weighted by Gasteiger charge is 2.15. The number of nitrogens with zero attached hydrogens (tertiary/aromatic N) is 1. The molecule has 0 aromatic carbocycles. The molecule has 18 heavy (non-hydrogen) atoms. The molecule has 0 aliphatic carbocycles. The first kappa shape index (κ1) is 13.5. The molecule has 1 fully saturated rings. The number of aromatic nitrogens is 1. The van der Waals surface area contributed by atoms with Crippen LogP contribution in [-0.4, -0.2) is 23.6 Å². The van der Waals surface area contributed by atoms with E-state index in [1.165, 1.54) is 32.2 Å². The van der Waals surface area contributed by atoms with Gasteiger partial charge in [0.2, 0.25) is 0 Å². The molecular formula is C15H25N3. The van der Waals surface area contributed by atoms with E-state index in [1.54, 1.807) is 0 Å². The minimum absolute atomic E-state index is 0.544. The largest absolute Gasteiger partial charge is 0.314 e. The SMILES string of the molecule is Cc1cccc(CNC(C)CC2CCCCN2)n1. The van der Waals surface area contributed by atoms with E-state index < -0.39 is 0 Å². The van der Waals surface area contributed by atoms with Crippen molar-refractivity contribution in [1.82, 2.24) is 15.6 Å². The second-order valence-corrected chi connectivity index (χ2v) is 5.43. The lowest BCUT2D eigenvalue weighted by Gasteiger charge is -2.26. The first-order valence-electron chi connectivity index (χ1n) is 7.13. The van der Waals surface area contributed by atoms with Crippen molar-refractivity contribution in [3.05, 3.63) is 29.6 Å². The van der Waals surface area contributed by atoms with E-state index in [-0.39, 0.29) is 0 Å². The van der Waals surface area contributed by atoms with Crippen LogP contribution in [0.25, 0.3) is 0 Å². The van der Waals surface area contributed by atoms with Crippen LogP contribution in [0.4, 0.5) is 0 Å². The van der Waals surface area contributed by atoms with E-state index in [0.29, 0.717) is 12.1 Å². The lowest BCUT2D eigenvalue weighted by molar-refractivity contribution is 0.344. The summed E-state index contributed by atoms with van der Waals surface area (Å²) in [7, 11) is 0. The number of pyridine rings is 1. The fourth-order valence-electron chi connectivity index (χ4n) is 2.61. The van der Waals surface area contributed by atoms with Gasteiger partial charge in [-0.15, -0.1) is 0 Å². The predicted octanol–water partition coefficient (Wildman–Crippen LogP) is 2.40. The average Bonchev–Trinajstić information content (AvgIpc) is 2.38. The molecule has 1 aliphatic heterocycles. The molecule has 2 unspecified atom stereocenters. The number of piperidine rings is 1. The molecule has 0 spiro atoms. The van der Waals surface area contributed by atoms with Crippen molar-refractivity contribution in [2.24, 2.45) is 0 Å². The number of rotatable bonds is 5. The maximum Gasteiger partial charge on any atom is 0.0544 e. The zero-order chi connectivity index (χ0) is 12.8. The Morgan fingerprint density at radius 2 is 2.33 bits per heavy atom. The van der Waals surface area contributed by atoms with Gasteiger partial charge in [0.1, 0.15) is 0 Å². The Hall–Kier alpha value is -0.930. The Labute approximate surface area is 110 Å².